The summed E-state index contributed by atoms with van der Waals surface area (Å²) in [5.74, 6) is -0.454. The fourth-order valence-corrected chi connectivity index (χ4v) is 2.15. The quantitative estimate of drug-likeness (QED) is 0.591. The van der Waals surface area contributed by atoms with Gasteiger partial charge in [0.05, 0.1) is 19.1 Å². The molecule has 1 saturated heterocycles. The molecule has 2 N–H and O–H groups in total. The van der Waals surface area contributed by atoms with E-state index in [-0.39, 0.29) is 18.3 Å². The van der Waals surface area contributed by atoms with E-state index in [0.29, 0.717) is 19.7 Å². The molecule has 0 saturated carbocycles. The van der Waals surface area contributed by atoms with E-state index in [9.17, 15) is 9.59 Å². The van der Waals surface area contributed by atoms with E-state index in [4.69, 9.17) is 4.74 Å². The summed E-state index contributed by atoms with van der Waals surface area (Å²) in [6.07, 6.45) is 1.77. The molecule has 1 aliphatic heterocycles. The predicted octanol–water partition coefficient (Wildman–Crippen LogP) is 0.641. The molecule has 20 heavy (non-hydrogen) atoms. The van der Waals surface area contributed by atoms with Gasteiger partial charge in [-0.2, -0.15) is 0 Å². The normalized spacial score (nSPS) is 18.4. The molecule has 0 aromatic heterocycles. The highest BCUT2D eigenvalue weighted by Crippen LogP contribution is 2.04. The highest BCUT2D eigenvalue weighted by atomic mass is 16.5. The van der Waals surface area contributed by atoms with Gasteiger partial charge >= 0.3 is 5.97 Å². The maximum Gasteiger partial charge on any atom is 0.307 e. The van der Waals surface area contributed by atoms with Crippen LogP contribution in [0.2, 0.25) is 0 Å². The van der Waals surface area contributed by atoms with E-state index in [2.05, 4.69) is 22.8 Å². The molecule has 1 heterocycles. The van der Waals surface area contributed by atoms with Gasteiger partial charge in [0.2, 0.25) is 5.91 Å². The zero-order valence-corrected chi connectivity index (χ0v) is 11.4. The van der Waals surface area contributed by atoms with Crippen LogP contribution < -0.4 is 10.6 Å². The maximum atomic E-state index is 11.6. The number of nitrogens with one attached hydrogen (secondary N) is 2. The molecular weight excluding hydrogens is 256 g/mol. The smallest absolute Gasteiger partial charge is 0.307 e. The van der Waals surface area contributed by atoms with Crippen LogP contribution in [-0.4, -0.2) is 37.6 Å². The van der Waals surface area contributed by atoms with Crippen LogP contribution in [0.3, 0.4) is 0 Å². The fourth-order valence-electron chi connectivity index (χ4n) is 2.15. The summed E-state index contributed by atoms with van der Waals surface area (Å²) in [5, 5.41) is 5.72. The van der Waals surface area contributed by atoms with Gasteiger partial charge < -0.3 is 15.4 Å². The lowest BCUT2D eigenvalue weighted by Crippen LogP contribution is -2.53. The second-order valence-corrected chi connectivity index (χ2v) is 4.81. The number of benzene rings is 1. The SMILES string of the molecule is O=C(C[C@@H]1NCCNC1=O)OCCCc1ccccc1. The summed E-state index contributed by atoms with van der Waals surface area (Å²) < 4.78 is 5.16. The number of carbonyl (C=O) groups excluding carboxylic acids is 2. The summed E-state index contributed by atoms with van der Waals surface area (Å²) >= 11 is 0. The van der Waals surface area contributed by atoms with Crippen molar-refractivity contribution in [1.82, 2.24) is 10.6 Å². The lowest BCUT2D eigenvalue weighted by molar-refractivity contribution is -0.146. The lowest BCUT2D eigenvalue weighted by Gasteiger charge is -2.22. The number of amides is 1. The monoisotopic (exact) mass is 276 g/mol. The van der Waals surface area contributed by atoms with Crippen LogP contribution in [0.1, 0.15) is 18.4 Å². The molecule has 1 aromatic carbocycles. The molecule has 2 rings (SSSR count). The van der Waals surface area contributed by atoms with Crippen LogP contribution in [0.4, 0.5) is 0 Å². The van der Waals surface area contributed by atoms with Crippen molar-refractivity contribution in [2.75, 3.05) is 19.7 Å². The minimum absolute atomic E-state index is 0.0944. The number of aryl methyl sites for hydroxylation is 1. The van der Waals surface area contributed by atoms with Gasteiger partial charge in [0.25, 0.3) is 0 Å². The minimum atomic E-state index is -0.453. The molecule has 1 atom stereocenters. The van der Waals surface area contributed by atoms with Crippen molar-refractivity contribution in [2.24, 2.45) is 0 Å². The standard InChI is InChI=1S/C15H20N2O3/c18-14(11-13-15(19)17-9-8-16-13)20-10-4-7-12-5-2-1-3-6-12/h1-3,5-6,13,16H,4,7-11H2,(H,17,19)/t13-/m0/s1. The zero-order chi connectivity index (χ0) is 14.2. The van der Waals surface area contributed by atoms with E-state index < -0.39 is 6.04 Å². The van der Waals surface area contributed by atoms with Gasteiger partial charge in [0, 0.05) is 13.1 Å². The third-order valence-electron chi connectivity index (χ3n) is 3.22. The molecule has 5 heteroatoms. The average Bonchev–Trinajstić information content (AvgIpc) is 2.47. The Hall–Kier alpha value is -1.88. The maximum absolute atomic E-state index is 11.6. The summed E-state index contributed by atoms with van der Waals surface area (Å²) in [6, 6.07) is 9.62. The van der Waals surface area contributed by atoms with E-state index in [1.165, 1.54) is 5.56 Å². The van der Waals surface area contributed by atoms with Gasteiger partial charge in [0.1, 0.15) is 0 Å². The van der Waals surface area contributed by atoms with E-state index in [0.717, 1.165) is 12.8 Å². The van der Waals surface area contributed by atoms with Crippen LogP contribution in [0, 0.1) is 0 Å². The van der Waals surface area contributed by atoms with Crippen molar-refractivity contribution in [3.63, 3.8) is 0 Å². The Morgan fingerprint density at radius 1 is 1.25 bits per heavy atom. The number of rotatable bonds is 6. The van der Waals surface area contributed by atoms with E-state index >= 15 is 0 Å². The Morgan fingerprint density at radius 2 is 2.05 bits per heavy atom. The van der Waals surface area contributed by atoms with Crippen LogP contribution in [-0.2, 0) is 20.7 Å². The highest BCUT2D eigenvalue weighted by Gasteiger charge is 2.24. The first-order valence-corrected chi connectivity index (χ1v) is 6.96. The van der Waals surface area contributed by atoms with Crippen LogP contribution in [0.5, 0.6) is 0 Å². The molecule has 108 valence electrons. The Bertz CT molecular complexity index is 448. The Kier molecular flexibility index (Phi) is 5.55. The second kappa shape index (κ2) is 7.65. The van der Waals surface area contributed by atoms with Crippen molar-refractivity contribution >= 4 is 11.9 Å². The zero-order valence-electron chi connectivity index (χ0n) is 11.4. The molecule has 5 nitrogen and oxygen atoms in total. The van der Waals surface area contributed by atoms with Crippen molar-refractivity contribution < 1.29 is 14.3 Å². The average molecular weight is 276 g/mol. The minimum Gasteiger partial charge on any atom is -0.466 e. The van der Waals surface area contributed by atoms with Gasteiger partial charge in [-0.1, -0.05) is 30.3 Å². The first-order chi connectivity index (χ1) is 9.75. The van der Waals surface area contributed by atoms with Crippen molar-refractivity contribution in [1.29, 1.82) is 0 Å². The highest BCUT2D eigenvalue weighted by molar-refractivity contribution is 5.87. The number of hydrogen-bond donors (Lipinski definition) is 2. The van der Waals surface area contributed by atoms with E-state index in [1.54, 1.807) is 0 Å². The number of hydrogen-bond acceptors (Lipinski definition) is 4. The largest absolute Gasteiger partial charge is 0.466 e. The molecular formula is C15H20N2O3. The van der Waals surface area contributed by atoms with E-state index in [1.807, 2.05) is 18.2 Å². The molecule has 1 aliphatic rings. The first-order valence-electron chi connectivity index (χ1n) is 6.96. The molecule has 0 aliphatic carbocycles. The Morgan fingerprint density at radius 3 is 2.80 bits per heavy atom. The van der Waals surface area contributed by atoms with Crippen molar-refractivity contribution in [3.8, 4) is 0 Å². The van der Waals surface area contributed by atoms with Gasteiger partial charge in [0.15, 0.2) is 0 Å². The van der Waals surface area contributed by atoms with Crippen molar-refractivity contribution in [2.45, 2.75) is 25.3 Å². The van der Waals surface area contributed by atoms with Crippen LogP contribution >= 0.6 is 0 Å². The fraction of sp³-hybridized carbons (Fsp3) is 0.467. The molecule has 0 spiro atoms. The van der Waals surface area contributed by atoms with Crippen LogP contribution in [0.15, 0.2) is 30.3 Å². The summed E-state index contributed by atoms with van der Waals surface area (Å²) in [6.45, 7) is 1.70. The number of ether oxygens (including phenoxy) is 1. The summed E-state index contributed by atoms with van der Waals surface area (Å²) in [5.41, 5.74) is 1.23. The van der Waals surface area contributed by atoms with Gasteiger partial charge in [-0.3, -0.25) is 9.59 Å². The molecule has 0 bridgehead atoms. The summed E-state index contributed by atoms with van der Waals surface area (Å²) in [7, 11) is 0. The third-order valence-corrected chi connectivity index (χ3v) is 3.22. The number of piperazine rings is 1. The summed E-state index contributed by atoms with van der Waals surface area (Å²) in [4.78, 5) is 23.1. The van der Waals surface area contributed by atoms with Gasteiger partial charge in [-0.15, -0.1) is 0 Å². The lowest BCUT2D eigenvalue weighted by atomic mass is 10.1. The number of esters is 1. The Balaban J connectivity index is 1.61. The molecule has 0 radical (unpaired) electrons. The molecule has 0 unspecified atom stereocenters. The van der Waals surface area contributed by atoms with Crippen LogP contribution in [0.25, 0.3) is 0 Å². The third kappa shape index (κ3) is 4.66. The number of carbonyl (C=O) groups is 2. The molecule has 1 fully saturated rings. The van der Waals surface area contributed by atoms with Gasteiger partial charge in [-0.05, 0) is 18.4 Å². The molecule has 1 aromatic rings. The van der Waals surface area contributed by atoms with Gasteiger partial charge in [-0.25, -0.2) is 0 Å². The first kappa shape index (κ1) is 14.5. The molecule has 1 amide bonds. The predicted molar refractivity (Wildman–Crippen MR) is 75.1 cm³/mol. The van der Waals surface area contributed by atoms with Crippen molar-refractivity contribution in [3.05, 3.63) is 35.9 Å². The Labute approximate surface area is 118 Å². The topological polar surface area (TPSA) is 67.4 Å². The second-order valence-electron chi connectivity index (χ2n) is 4.81.